The monoisotopic (exact) mass is 246 g/mol. The van der Waals surface area contributed by atoms with Gasteiger partial charge in [-0.2, -0.15) is 0 Å². The van der Waals surface area contributed by atoms with E-state index in [2.05, 4.69) is 18.3 Å². The molecule has 1 unspecified atom stereocenters. The highest BCUT2D eigenvalue weighted by molar-refractivity contribution is 5.96. The van der Waals surface area contributed by atoms with Crippen LogP contribution in [-0.2, 0) is 6.42 Å². The third-order valence-electron chi connectivity index (χ3n) is 3.73. The van der Waals surface area contributed by atoms with Crippen LogP contribution in [0.4, 0.5) is 0 Å². The quantitative estimate of drug-likeness (QED) is 0.882. The fraction of sp³-hybridized carbons (Fsp3) is 0.533. The van der Waals surface area contributed by atoms with Crippen molar-refractivity contribution in [3.05, 3.63) is 35.4 Å². The number of hydrogen-bond acceptors (Lipinski definition) is 2. The molecule has 1 atom stereocenters. The summed E-state index contributed by atoms with van der Waals surface area (Å²) in [7, 11) is 1.96. The molecule has 0 fully saturated rings. The van der Waals surface area contributed by atoms with Crippen LogP contribution >= 0.6 is 0 Å². The van der Waals surface area contributed by atoms with Crippen molar-refractivity contribution in [1.82, 2.24) is 10.2 Å². The molecule has 1 aliphatic rings. The van der Waals surface area contributed by atoms with E-state index in [1.807, 2.05) is 30.1 Å². The summed E-state index contributed by atoms with van der Waals surface area (Å²) < 4.78 is 0. The zero-order chi connectivity index (χ0) is 13.0. The molecule has 1 aromatic rings. The first-order chi connectivity index (χ1) is 8.72. The number of hydrogen-bond donors (Lipinski definition) is 1. The van der Waals surface area contributed by atoms with Gasteiger partial charge in [-0.15, -0.1) is 0 Å². The number of carbonyl (C=O) groups excluding carboxylic acids is 1. The van der Waals surface area contributed by atoms with E-state index in [4.69, 9.17) is 0 Å². The molecule has 0 aromatic heterocycles. The van der Waals surface area contributed by atoms with Crippen LogP contribution in [-0.4, -0.2) is 37.0 Å². The van der Waals surface area contributed by atoms with Crippen LogP contribution in [0, 0.1) is 0 Å². The van der Waals surface area contributed by atoms with Crippen LogP contribution < -0.4 is 5.32 Å². The summed E-state index contributed by atoms with van der Waals surface area (Å²) in [5, 5.41) is 3.22. The maximum Gasteiger partial charge on any atom is 0.254 e. The lowest BCUT2D eigenvalue weighted by Crippen LogP contribution is -2.35. The standard InChI is InChI=1S/C15H22N2O/c1-12(16-2)9-11-17-10-5-7-13-6-3-4-8-14(13)15(17)18/h3-4,6,8,12,16H,5,7,9-11H2,1-2H3. The number of nitrogens with zero attached hydrogens (tertiary/aromatic N) is 1. The summed E-state index contributed by atoms with van der Waals surface area (Å²) in [4.78, 5) is 14.4. The van der Waals surface area contributed by atoms with Gasteiger partial charge in [-0.1, -0.05) is 18.2 Å². The molecule has 0 saturated heterocycles. The van der Waals surface area contributed by atoms with Crippen molar-refractivity contribution < 1.29 is 4.79 Å². The number of amides is 1. The molecule has 2 rings (SSSR count). The van der Waals surface area contributed by atoms with Crippen molar-refractivity contribution >= 4 is 5.91 Å². The Morgan fingerprint density at radius 3 is 2.94 bits per heavy atom. The normalized spacial score (nSPS) is 17.2. The lowest BCUT2D eigenvalue weighted by Gasteiger charge is -2.22. The number of benzene rings is 1. The van der Waals surface area contributed by atoms with Crippen LogP contribution in [0.3, 0.4) is 0 Å². The van der Waals surface area contributed by atoms with E-state index in [0.29, 0.717) is 6.04 Å². The topological polar surface area (TPSA) is 32.3 Å². The summed E-state index contributed by atoms with van der Waals surface area (Å²) in [6.07, 6.45) is 3.08. The molecule has 0 saturated carbocycles. The van der Waals surface area contributed by atoms with Gasteiger partial charge in [0.15, 0.2) is 0 Å². The minimum Gasteiger partial charge on any atom is -0.339 e. The molecule has 0 radical (unpaired) electrons. The van der Waals surface area contributed by atoms with Crippen LogP contribution in [0.25, 0.3) is 0 Å². The first-order valence-corrected chi connectivity index (χ1v) is 6.77. The molecule has 0 aliphatic carbocycles. The van der Waals surface area contributed by atoms with Crippen molar-refractivity contribution in [1.29, 1.82) is 0 Å². The summed E-state index contributed by atoms with van der Waals surface area (Å²) in [5.74, 6) is 0.200. The number of carbonyl (C=O) groups is 1. The minimum absolute atomic E-state index is 0.200. The summed E-state index contributed by atoms with van der Waals surface area (Å²) in [6.45, 7) is 3.87. The molecule has 3 heteroatoms. The zero-order valence-electron chi connectivity index (χ0n) is 11.3. The van der Waals surface area contributed by atoms with E-state index in [-0.39, 0.29) is 5.91 Å². The number of fused-ring (bicyclic) bond motifs is 1. The Morgan fingerprint density at radius 2 is 2.17 bits per heavy atom. The first kappa shape index (κ1) is 13.1. The third-order valence-corrected chi connectivity index (χ3v) is 3.73. The van der Waals surface area contributed by atoms with Gasteiger partial charge in [0.05, 0.1) is 0 Å². The summed E-state index contributed by atoms with van der Waals surface area (Å²) in [5.41, 5.74) is 2.10. The fourth-order valence-electron chi connectivity index (χ4n) is 2.39. The van der Waals surface area contributed by atoms with Crippen LogP contribution in [0.5, 0.6) is 0 Å². The Bertz CT molecular complexity index is 417. The van der Waals surface area contributed by atoms with Crippen molar-refractivity contribution in [3.63, 3.8) is 0 Å². The Balaban J connectivity index is 2.08. The van der Waals surface area contributed by atoms with Gasteiger partial charge in [-0.3, -0.25) is 4.79 Å². The average molecular weight is 246 g/mol. The van der Waals surface area contributed by atoms with E-state index in [1.54, 1.807) is 0 Å². The Labute approximate surface area is 109 Å². The van der Waals surface area contributed by atoms with Crippen LogP contribution in [0.1, 0.15) is 35.7 Å². The Kier molecular flexibility index (Phi) is 4.37. The smallest absolute Gasteiger partial charge is 0.254 e. The number of rotatable bonds is 4. The number of aryl methyl sites for hydroxylation is 1. The van der Waals surface area contributed by atoms with Crippen molar-refractivity contribution in [3.8, 4) is 0 Å². The maximum atomic E-state index is 12.4. The zero-order valence-corrected chi connectivity index (χ0v) is 11.3. The van der Waals surface area contributed by atoms with Crippen molar-refractivity contribution in [2.24, 2.45) is 0 Å². The van der Waals surface area contributed by atoms with Crippen LogP contribution in [0.2, 0.25) is 0 Å². The molecular weight excluding hydrogens is 224 g/mol. The second kappa shape index (κ2) is 6.01. The van der Waals surface area contributed by atoms with Gasteiger partial charge < -0.3 is 10.2 Å². The Hall–Kier alpha value is -1.35. The molecular formula is C15H22N2O. The SMILES string of the molecule is CNC(C)CCN1CCCc2ccccc2C1=O. The molecule has 0 spiro atoms. The maximum absolute atomic E-state index is 12.4. The van der Waals surface area contributed by atoms with E-state index in [0.717, 1.165) is 37.9 Å². The number of nitrogens with one attached hydrogen (secondary N) is 1. The summed E-state index contributed by atoms with van der Waals surface area (Å²) in [6, 6.07) is 8.46. The second-order valence-electron chi connectivity index (χ2n) is 5.03. The highest BCUT2D eigenvalue weighted by atomic mass is 16.2. The van der Waals surface area contributed by atoms with Crippen molar-refractivity contribution in [2.45, 2.75) is 32.2 Å². The highest BCUT2D eigenvalue weighted by Crippen LogP contribution is 2.18. The minimum atomic E-state index is 0.200. The van der Waals surface area contributed by atoms with Gasteiger partial charge in [0, 0.05) is 24.7 Å². The molecule has 1 heterocycles. The van der Waals surface area contributed by atoms with E-state index in [1.165, 1.54) is 5.56 Å². The first-order valence-electron chi connectivity index (χ1n) is 6.77. The van der Waals surface area contributed by atoms with Crippen LogP contribution in [0.15, 0.2) is 24.3 Å². The molecule has 18 heavy (non-hydrogen) atoms. The largest absolute Gasteiger partial charge is 0.339 e. The van der Waals surface area contributed by atoms with E-state index in [9.17, 15) is 4.79 Å². The average Bonchev–Trinajstić information content (AvgIpc) is 2.56. The lowest BCUT2D eigenvalue weighted by atomic mass is 10.0. The fourth-order valence-corrected chi connectivity index (χ4v) is 2.39. The van der Waals surface area contributed by atoms with E-state index >= 15 is 0 Å². The van der Waals surface area contributed by atoms with Gasteiger partial charge in [-0.25, -0.2) is 0 Å². The predicted molar refractivity (Wildman–Crippen MR) is 73.8 cm³/mol. The van der Waals surface area contributed by atoms with Gasteiger partial charge >= 0.3 is 0 Å². The van der Waals surface area contributed by atoms with Gasteiger partial charge in [0.1, 0.15) is 0 Å². The molecule has 1 aromatic carbocycles. The molecule has 1 N–H and O–H groups in total. The molecule has 1 aliphatic heterocycles. The summed E-state index contributed by atoms with van der Waals surface area (Å²) >= 11 is 0. The predicted octanol–water partition coefficient (Wildman–Crippen LogP) is 2.07. The van der Waals surface area contributed by atoms with E-state index < -0.39 is 0 Å². The highest BCUT2D eigenvalue weighted by Gasteiger charge is 2.21. The Morgan fingerprint density at radius 1 is 1.39 bits per heavy atom. The van der Waals surface area contributed by atoms with Gasteiger partial charge in [0.2, 0.25) is 0 Å². The molecule has 98 valence electrons. The lowest BCUT2D eigenvalue weighted by molar-refractivity contribution is 0.0755. The van der Waals surface area contributed by atoms with Gasteiger partial charge in [-0.05, 0) is 44.9 Å². The van der Waals surface area contributed by atoms with Gasteiger partial charge in [0.25, 0.3) is 5.91 Å². The molecule has 0 bridgehead atoms. The third kappa shape index (κ3) is 2.91. The molecule has 3 nitrogen and oxygen atoms in total. The second-order valence-corrected chi connectivity index (χ2v) is 5.03. The molecule has 1 amide bonds. The van der Waals surface area contributed by atoms with Crippen molar-refractivity contribution in [2.75, 3.05) is 20.1 Å².